The minimum Gasteiger partial charge on any atom is -0.385 e. The Labute approximate surface area is 139 Å². The standard InChI is InChI=1S/C20H26N2O/c1-14(2)17-8-10-18(11-9-17)21-13-12-19(23)22-20-15(3)6-5-7-16(20)4/h5-11,14,21H,12-13H2,1-4H3,(H,22,23). The van der Waals surface area contributed by atoms with Gasteiger partial charge in [0, 0.05) is 24.3 Å². The molecule has 0 radical (unpaired) electrons. The van der Waals surface area contributed by atoms with Crippen LogP contribution in [0.25, 0.3) is 0 Å². The SMILES string of the molecule is Cc1cccc(C)c1NC(=O)CCNc1ccc(C(C)C)cc1. The molecule has 3 heteroatoms. The lowest BCUT2D eigenvalue weighted by Crippen LogP contribution is -2.17. The zero-order valence-corrected chi connectivity index (χ0v) is 14.4. The molecule has 0 saturated carbocycles. The Kier molecular flexibility index (Phi) is 5.80. The summed E-state index contributed by atoms with van der Waals surface area (Å²) in [4.78, 5) is 12.1. The quantitative estimate of drug-likeness (QED) is 0.799. The first-order valence-electron chi connectivity index (χ1n) is 8.17. The maximum absolute atomic E-state index is 12.1. The van der Waals surface area contributed by atoms with Crippen molar-refractivity contribution in [3.63, 3.8) is 0 Å². The molecule has 2 rings (SSSR count). The number of benzene rings is 2. The summed E-state index contributed by atoms with van der Waals surface area (Å²) in [6.07, 6.45) is 0.444. The van der Waals surface area contributed by atoms with E-state index in [0.29, 0.717) is 18.9 Å². The van der Waals surface area contributed by atoms with Gasteiger partial charge in [0.25, 0.3) is 0 Å². The highest BCUT2D eigenvalue weighted by Gasteiger charge is 2.07. The monoisotopic (exact) mass is 310 g/mol. The van der Waals surface area contributed by atoms with Crippen LogP contribution in [0, 0.1) is 13.8 Å². The highest BCUT2D eigenvalue weighted by atomic mass is 16.1. The predicted octanol–water partition coefficient (Wildman–Crippen LogP) is 4.87. The van der Waals surface area contributed by atoms with Crippen LogP contribution < -0.4 is 10.6 Å². The molecule has 3 nitrogen and oxygen atoms in total. The fourth-order valence-corrected chi connectivity index (χ4v) is 2.52. The van der Waals surface area contributed by atoms with Gasteiger partial charge in [0.05, 0.1) is 0 Å². The zero-order valence-electron chi connectivity index (χ0n) is 14.4. The van der Waals surface area contributed by atoms with E-state index in [9.17, 15) is 4.79 Å². The number of carbonyl (C=O) groups is 1. The van der Waals surface area contributed by atoms with Crippen molar-refractivity contribution in [3.05, 3.63) is 59.2 Å². The van der Waals surface area contributed by atoms with E-state index in [0.717, 1.165) is 22.5 Å². The second kappa shape index (κ2) is 7.82. The van der Waals surface area contributed by atoms with Crippen molar-refractivity contribution < 1.29 is 4.79 Å². The van der Waals surface area contributed by atoms with Gasteiger partial charge in [-0.15, -0.1) is 0 Å². The lowest BCUT2D eigenvalue weighted by Gasteiger charge is -2.12. The summed E-state index contributed by atoms with van der Waals surface area (Å²) in [6, 6.07) is 14.4. The molecule has 1 amide bonds. The van der Waals surface area contributed by atoms with Crippen LogP contribution in [0.3, 0.4) is 0 Å². The van der Waals surface area contributed by atoms with E-state index in [1.165, 1.54) is 5.56 Å². The number of hydrogen-bond acceptors (Lipinski definition) is 2. The van der Waals surface area contributed by atoms with Gasteiger partial charge in [0.2, 0.25) is 5.91 Å². The lowest BCUT2D eigenvalue weighted by molar-refractivity contribution is -0.115. The van der Waals surface area contributed by atoms with Crippen molar-refractivity contribution in [1.82, 2.24) is 0 Å². The van der Waals surface area contributed by atoms with Crippen molar-refractivity contribution in [2.75, 3.05) is 17.2 Å². The summed E-state index contributed by atoms with van der Waals surface area (Å²) in [7, 11) is 0. The fraction of sp³-hybridized carbons (Fsp3) is 0.350. The maximum Gasteiger partial charge on any atom is 0.226 e. The van der Waals surface area contributed by atoms with Crippen LogP contribution in [0.2, 0.25) is 0 Å². The molecule has 23 heavy (non-hydrogen) atoms. The van der Waals surface area contributed by atoms with Crippen LogP contribution >= 0.6 is 0 Å². The van der Waals surface area contributed by atoms with E-state index >= 15 is 0 Å². The molecule has 122 valence electrons. The Bertz CT molecular complexity index is 640. The number of anilines is 2. The molecule has 0 heterocycles. The topological polar surface area (TPSA) is 41.1 Å². The molecule has 2 aromatic rings. The minimum absolute atomic E-state index is 0.0358. The molecule has 0 aliphatic carbocycles. The molecular formula is C20H26N2O. The fourth-order valence-electron chi connectivity index (χ4n) is 2.52. The van der Waals surface area contributed by atoms with Crippen molar-refractivity contribution in [3.8, 4) is 0 Å². The van der Waals surface area contributed by atoms with Gasteiger partial charge in [-0.1, -0.05) is 44.2 Å². The van der Waals surface area contributed by atoms with Crippen LogP contribution in [0.15, 0.2) is 42.5 Å². The van der Waals surface area contributed by atoms with Crippen LogP contribution in [0.4, 0.5) is 11.4 Å². The van der Waals surface area contributed by atoms with Gasteiger partial charge in [0.15, 0.2) is 0 Å². The Morgan fingerprint density at radius 3 is 2.17 bits per heavy atom. The average molecular weight is 310 g/mol. The highest BCUT2D eigenvalue weighted by Crippen LogP contribution is 2.20. The molecule has 0 aliphatic rings. The third kappa shape index (κ3) is 4.85. The third-order valence-corrected chi connectivity index (χ3v) is 4.00. The van der Waals surface area contributed by atoms with E-state index < -0.39 is 0 Å². The van der Waals surface area contributed by atoms with Gasteiger partial charge in [-0.25, -0.2) is 0 Å². The third-order valence-electron chi connectivity index (χ3n) is 4.00. The summed E-state index contributed by atoms with van der Waals surface area (Å²) in [6.45, 7) is 9.01. The van der Waals surface area contributed by atoms with E-state index in [-0.39, 0.29) is 5.91 Å². The Balaban J connectivity index is 1.83. The molecule has 0 unspecified atom stereocenters. The van der Waals surface area contributed by atoms with Gasteiger partial charge < -0.3 is 10.6 Å². The van der Waals surface area contributed by atoms with Gasteiger partial charge in [-0.3, -0.25) is 4.79 Å². The first-order chi connectivity index (χ1) is 11.0. The number of nitrogens with one attached hydrogen (secondary N) is 2. The van der Waals surface area contributed by atoms with Crippen LogP contribution in [-0.2, 0) is 4.79 Å². The molecule has 0 saturated heterocycles. The van der Waals surface area contributed by atoms with Crippen LogP contribution in [-0.4, -0.2) is 12.5 Å². The van der Waals surface area contributed by atoms with Crippen molar-refractivity contribution >= 4 is 17.3 Å². The summed E-state index contributed by atoms with van der Waals surface area (Å²) < 4.78 is 0. The highest BCUT2D eigenvalue weighted by molar-refractivity contribution is 5.92. The molecule has 0 atom stereocenters. The largest absolute Gasteiger partial charge is 0.385 e. The molecule has 0 bridgehead atoms. The second-order valence-electron chi connectivity index (χ2n) is 6.27. The maximum atomic E-state index is 12.1. The molecule has 0 spiro atoms. The molecule has 2 aromatic carbocycles. The second-order valence-corrected chi connectivity index (χ2v) is 6.27. The van der Waals surface area contributed by atoms with Gasteiger partial charge in [-0.05, 0) is 48.6 Å². The number of para-hydroxylation sites is 1. The smallest absolute Gasteiger partial charge is 0.226 e. The number of carbonyl (C=O) groups excluding carboxylic acids is 1. The van der Waals surface area contributed by atoms with E-state index in [2.05, 4.69) is 48.7 Å². The van der Waals surface area contributed by atoms with Crippen molar-refractivity contribution in [1.29, 1.82) is 0 Å². The van der Waals surface area contributed by atoms with E-state index in [4.69, 9.17) is 0 Å². The first-order valence-corrected chi connectivity index (χ1v) is 8.17. The molecular weight excluding hydrogens is 284 g/mol. The molecule has 0 aromatic heterocycles. The number of hydrogen-bond donors (Lipinski definition) is 2. The van der Waals surface area contributed by atoms with E-state index in [1.807, 2.05) is 32.0 Å². The first kappa shape index (κ1) is 17.1. The molecule has 2 N–H and O–H groups in total. The van der Waals surface area contributed by atoms with Gasteiger partial charge >= 0.3 is 0 Å². The van der Waals surface area contributed by atoms with Gasteiger partial charge in [-0.2, -0.15) is 0 Å². The number of rotatable bonds is 6. The minimum atomic E-state index is 0.0358. The van der Waals surface area contributed by atoms with E-state index in [1.54, 1.807) is 0 Å². The van der Waals surface area contributed by atoms with Crippen molar-refractivity contribution in [2.45, 2.75) is 40.0 Å². The average Bonchev–Trinajstić information content (AvgIpc) is 2.51. The van der Waals surface area contributed by atoms with Crippen LogP contribution in [0.1, 0.15) is 42.9 Å². The molecule has 0 aliphatic heterocycles. The summed E-state index contributed by atoms with van der Waals surface area (Å²) in [5, 5.41) is 6.31. The normalized spacial score (nSPS) is 10.7. The van der Waals surface area contributed by atoms with Crippen molar-refractivity contribution in [2.24, 2.45) is 0 Å². The Morgan fingerprint density at radius 2 is 1.61 bits per heavy atom. The Morgan fingerprint density at radius 1 is 1.00 bits per heavy atom. The Hall–Kier alpha value is -2.29. The number of amides is 1. The summed E-state index contributed by atoms with van der Waals surface area (Å²) in [5.74, 6) is 0.570. The van der Waals surface area contributed by atoms with Gasteiger partial charge in [0.1, 0.15) is 0 Å². The predicted molar refractivity (Wildman–Crippen MR) is 98.2 cm³/mol. The summed E-state index contributed by atoms with van der Waals surface area (Å²) >= 11 is 0. The number of aryl methyl sites for hydroxylation is 2. The molecule has 0 fully saturated rings. The summed E-state index contributed by atoms with van der Waals surface area (Å²) in [5.41, 5.74) is 5.49. The van der Waals surface area contributed by atoms with Crippen LogP contribution in [0.5, 0.6) is 0 Å². The zero-order chi connectivity index (χ0) is 16.8. The lowest BCUT2D eigenvalue weighted by atomic mass is 10.0.